The Kier molecular flexibility index (Phi) is 34.3. The number of nitrogens with one attached hydrogen (secondary N) is 1. The number of aliphatic hydroxyl groups excluding tert-OH is 3. The second-order valence-electron chi connectivity index (χ2n) is 13.2. The molecule has 0 rings (SSSR count). The molecular formula is C40H75NO4. The average Bonchev–Trinajstić information content (AvgIpc) is 3.03. The molecule has 5 nitrogen and oxygen atoms in total. The van der Waals surface area contributed by atoms with E-state index in [2.05, 4.69) is 43.5 Å². The molecule has 3 atom stereocenters. The smallest absolute Gasteiger partial charge is 0.222 e. The summed E-state index contributed by atoms with van der Waals surface area (Å²) < 4.78 is 0. The molecule has 0 aromatic heterocycles. The lowest BCUT2D eigenvalue weighted by molar-refractivity contribution is -0.124. The third-order valence-electron chi connectivity index (χ3n) is 8.65. The van der Waals surface area contributed by atoms with Crippen LogP contribution in [-0.2, 0) is 4.79 Å². The van der Waals surface area contributed by atoms with Crippen molar-refractivity contribution in [3.8, 4) is 0 Å². The summed E-state index contributed by atoms with van der Waals surface area (Å²) in [6.07, 6.45) is 42.9. The monoisotopic (exact) mass is 634 g/mol. The fourth-order valence-corrected chi connectivity index (χ4v) is 5.63. The van der Waals surface area contributed by atoms with Gasteiger partial charge >= 0.3 is 0 Å². The number of rotatable bonds is 34. The van der Waals surface area contributed by atoms with Gasteiger partial charge in [-0.15, -0.1) is 0 Å². The molecule has 0 aliphatic rings. The van der Waals surface area contributed by atoms with Gasteiger partial charge in [0.2, 0.25) is 5.91 Å². The predicted molar refractivity (Wildman–Crippen MR) is 194 cm³/mol. The van der Waals surface area contributed by atoms with Gasteiger partial charge in [0.15, 0.2) is 0 Å². The topological polar surface area (TPSA) is 89.8 Å². The molecule has 0 aromatic carbocycles. The van der Waals surface area contributed by atoms with E-state index in [0.717, 1.165) is 51.4 Å². The molecular weight excluding hydrogens is 558 g/mol. The molecule has 45 heavy (non-hydrogen) atoms. The maximum atomic E-state index is 12.3. The van der Waals surface area contributed by atoms with Crippen molar-refractivity contribution in [1.82, 2.24) is 5.32 Å². The zero-order valence-electron chi connectivity index (χ0n) is 29.7. The van der Waals surface area contributed by atoms with Crippen molar-refractivity contribution < 1.29 is 20.1 Å². The van der Waals surface area contributed by atoms with E-state index in [1.54, 1.807) is 6.08 Å². The Morgan fingerprint density at radius 1 is 0.556 bits per heavy atom. The van der Waals surface area contributed by atoms with Gasteiger partial charge in [0.25, 0.3) is 0 Å². The molecule has 0 fully saturated rings. The van der Waals surface area contributed by atoms with Crippen LogP contribution in [0, 0.1) is 0 Å². The molecule has 0 aliphatic carbocycles. The Morgan fingerprint density at radius 3 is 1.49 bits per heavy atom. The zero-order valence-corrected chi connectivity index (χ0v) is 29.7. The minimum atomic E-state index is -0.953. The molecule has 0 aliphatic heterocycles. The highest BCUT2D eigenvalue weighted by Crippen LogP contribution is 2.14. The highest BCUT2D eigenvalue weighted by Gasteiger charge is 2.20. The van der Waals surface area contributed by atoms with Gasteiger partial charge in [0, 0.05) is 0 Å². The van der Waals surface area contributed by atoms with E-state index in [1.807, 2.05) is 6.08 Å². The molecule has 0 saturated heterocycles. The number of hydrogen-bond donors (Lipinski definition) is 4. The van der Waals surface area contributed by atoms with Crippen LogP contribution in [0.3, 0.4) is 0 Å². The molecule has 264 valence electrons. The molecule has 0 bridgehead atoms. The first kappa shape index (κ1) is 43.6. The second kappa shape index (κ2) is 35.4. The average molecular weight is 634 g/mol. The van der Waals surface area contributed by atoms with Crippen LogP contribution in [0.25, 0.3) is 0 Å². The van der Waals surface area contributed by atoms with E-state index in [0.29, 0.717) is 6.42 Å². The summed E-state index contributed by atoms with van der Waals surface area (Å²) in [7, 11) is 0. The minimum absolute atomic E-state index is 0.00595. The normalized spacial score (nSPS) is 14.2. The van der Waals surface area contributed by atoms with Crippen molar-refractivity contribution in [2.45, 2.75) is 205 Å². The van der Waals surface area contributed by atoms with Gasteiger partial charge in [-0.05, 0) is 51.4 Å². The molecule has 0 radical (unpaired) electrons. The fourth-order valence-electron chi connectivity index (χ4n) is 5.63. The van der Waals surface area contributed by atoms with Crippen molar-refractivity contribution in [2.24, 2.45) is 0 Å². The van der Waals surface area contributed by atoms with Crippen molar-refractivity contribution in [2.75, 3.05) is 6.61 Å². The predicted octanol–water partition coefficient (Wildman–Crippen LogP) is 10.4. The summed E-state index contributed by atoms with van der Waals surface area (Å²) in [5.41, 5.74) is 0. The number of unbranched alkanes of at least 4 members (excludes halogenated alkanes) is 21. The first-order valence-corrected chi connectivity index (χ1v) is 19.3. The van der Waals surface area contributed by atoms with Gasteiger partial charge < -0.3 is 20.6 Å². The lowest BCUT2D eigenvalue weighted by Crippen LogP contribution is -2.45. The lowest BCUT2D eigenvalue weighted by Gasteiger charge is -2.20. The number of aliphatic hydroxyl groups is 3. The molecule has 4 N–H and O–H groups in total. The lowest BCUT2D eigenvalue weighted by atomic mass is 10.0. The third kappa shape index (κ3) is 32.3. The van der Waals surface area contributed by atoms with E-state index in [1.165, 1.54) is 109 Å². The van der Waals surface area contributed by atoms with Gasteiger partial charge in [-0.1, -0.05) is 166 Å². The Labute approximate surface area is 279 Å². The van der Waals surface area contributed by atoms with Crippen LogP contribution in [0.4, 0.5) is 0 Å². The van der Waals surface area contributed by atoms with E-state index >= 15 is 0 Å². The van der Waals surface area contributed by atoms with Gasteiger partial charge in [-0.3, -0.25) is 4.79 Å². The SMILES string of the molecule is CCCC/C=C\CCCCCC(O)CC(=O)NC(CO)C(O)/C=C/CC/C=C/CCCCCCCCCCCCCCCCC. The number of carbonyl (C=O) groups is 1. The largest absolute Gasteiger partial charge is 0.394 e. The maximum Gasteiger partial charge on any atom is 0.222 e. The third-order valence-corrected chi connectivity index (χ3v) is 8.65. The van der Waals surface area contributed by atoms with Crippen molar-refractivity contribution in [3.05, 3.63) is 36.5 Å². The van der Waals surface area contributed by atoms with Gasteiger partial charge in [-0.2, -0.15) is 0 Å². The van der Waals surface area contributed by atoms with E-state index in [4.69, 9.17) is 0 Å². The highest BCUT2D eigenvalue weighted by atomic mass is 16.3. The van der Waals surface area contributed by atoms with Gasteiger partial charge in [-0.25, -0.2) is 0 Å². The van der Waals surface area contributed by atoms with Crippen LogP contribution in [0.2, 0.25) is 0 Å². The summed E-state index contributed by atoms with van der Waals surface area (Å²) in [6, 6.07) is -0.763. The van der Waals surface area contributed by atoms with Gasteiger partial charge in [0.05, 0.1) is 31.3 Å². The Morgan fingerprint density at radius 2 is 0.978 bits per heavy atom. The highest BCUT2D eigenvalue weighted by molar-refractivity contribution is 5.76. The summed E-state index contributed by atoms with van der Waals surface area (Å²) >= 11 is 0. The quantitative estimate of drug-likeness (QED) is 0.0419. The maximum absolute atomic E-state index is 12.3. The minimum Gasteiger partial charge on any atom is -0.394 e. The molecule has 0 aromatic rings. The van der Waals surface area contributed by atoms with E-state index in [-0.39, 0.29) is 18.9 Å². The number of allylic oxidation sites excluding steroid dienone is 5. The second-order valence-corrected chi connectivity index (χ2v) is 13.2. The standard InChI is InChI=1S/C40H75NO4/c1-3-5-7-9-11-13-14-15-16-17-18-19-20-21-22-23-24-26-28-30-32-34-39(44)38(36-42)41-40(45)35-37(43)33-31-29-27-25-12-10-8-6-4-2/h10,12,24,26,32,34,37-39,42-44H,3-9,11,13-23,25,27-31,33,35-36H2,1-2H3,(H,41,45)/b12-10-,26-24+,34-32+. The van der Waals surface area contributed by atoms with Crippen LogP contribution >= 0.6 is 0 Å². The number of hydrogen-bond acceptors (Lipinski definition) is 4. The Bertz CT molecular complexity index is 704. The summed E-state index contributed by atoms with van der Waals surface area (Å²) in [6.45, 7) is 4.13. The Balaban J connectivity index is 3.73. The van der Waals surface area contributed by atoms with Crippen molar-refractivity contribution in [3.63, 3.8) is 0 Å². The number of carbonyl (C=O) groups excluding carboxylic acids is 1. The molecule has 5 heteroatoms. The summed E-state index contributed by atoms with van der Waals surface area (Å²) in [4.78, 5) is 12.3. The van der Waals surface area contributed by atoms with Crippen LogP contribution in [0.5, 0.6) is 0 Å². The van der Waals surface area contributed by atoms with Crippen molar-refractivity contribution in [1.29, 1.82) is 0 Å². The van der Waals surface area contributed by atoms with Crippen molar-refractivity contribution >= 4 is 5.91 Å². The van der Waals surface area contributed by atoms with Crippen LogP contribution in [-0.4, -0.2) is 46.1 Å². The summed E-state index contributed by atoms with van der Waals surface area (Å²) in [5.74, 6) is -0.338. The first-order chi connectivity index (χ1) is 22.0. The first-order valence-electron chi connectivity index (χ1n) is 19.3. The van der Waals surface area contributed by atoms with Gasteiger partial charge in [0.1, 0.15) is 0 Å². The fraction of sp³-hybridized carbons (Fsp3) is 0.825. The number of amides is 1. The zero-order chi connectivity index (χ0) is 33.1. The molecule has 0 heterocycles. The molecule has 0 saturated carbocycles. The van der Waals surface area contributed by atoms with Crippen LogP contribution in [0.15, 0.2) is 36.5 Å². The molecule has 3 unspecified atom stereocenters. The van der Waals surface area contributed by atoms with Crippen LogP contribution < -0.4 is 5.32 Å². The van der Waals surface area contributed by atoms with E-state index < -0.39 is 18.2 Å². The summed E-state index contributed by atoms with van der Waals surface area (Å²) in [5, 5.41) is 32.9. The van der Waals surface area contributed by atoms with E-state index in [9.17, 15) is 20.1 Å². The molecule has 1 amide bonds. The van der Waals surface area contributed by atoms with Crippen LogP contribution in [0.1, 0.15) is 187 Å². The molecule has 0 spiro atoms. The Hall–Kier alpha value is -1.43.